The molecular weight excluding hydrogens is 348 g/mol. The second kappa shape index (κ2) is 5.80. The lowest BCUT2D eigenvalue weighted by atomic mass is 10.1. The molecule has 20 heavy (non-hydrogen) atoms. The average Bonchev–Trinajstić information content (AvgIpc) is 2.38. The molecule has 0 amide bonds. The van der Waals surface area contributed by atoms with Crippen molar-refractivity contribution in [3.05, 3.63) is 28.2 Å². The summed E-state index contributed by atoms with van der Waals surface area (Å²) in [5.41, 5.74) is 5.74. The highest BCUT2D eigenvalue weighted by Gasteiger charge is 2.30. The fraction of sp³-hybridized carbons (Fsp3) is 0.417. The van der Waals surface area contributed by atoms with E-state index in [1.165, 1.54) is 22.5 Å². The van der Waals surface area contributed by atoms with Crippen LogP contribution in [0.15, 0.2) is 27.6 Å². The first-order valence-corrected chi connectivity index (χ1v) is 8.34. The Morgan fingerprint density at radius 2 is 2.15 bits per heavy atom. The highest BCUT2D eigenvalue weighted by molar-refractivity contribution is 9.10. The number of sulfonamides is 1. The van der Waals surface area contributed by atoms with E-state index in [1.54, 1.807) is 0 Å². The minimum Gasteiger partial charge on any atom is -0.478 e. The van der Waals surface area contributed by atoms with Crippen molar-refractivity contribution in [3.63, 3.8) is 0 Å². The van der Waals surface area contributed by atoms with Gasteiger partial charge >= 0.3 is 5.97 Å². The van der Waals surface area contributed by atoms with Gasteiger partial charge in [0, 0.05) is 23.6 Å². The summed E-state index contributed by atoms with van der Waals surface area (Å²) in [6.45, 7) is 0.659. The van der Waals surface area contributed by atoms with Gasteiger partial charge in [0.2, 0.25) is 10.0 Å². The van der Waals surface area contributed by atoms with Gasteiger partial charge in [-0.2, -0.15) is 4.31 Å². The summed E-state index contributed by atoms with van der Waals surface area (Å²) in [4.78, 5) is 10.9. The minimum atomic E-state index is -3.74. The molecule has 1 saturated heterocycles. The van der Waals surface area contributed by atoms with Gasteiger partial charge in [-0.3, -0.25) is 0 Å². The van der Waals surface area contributed by atoms with E-state index in [0.29, 0.717) is 17.4 Å². The Morgan fingerprint density at radius 1 is 1.45 bits per heavy atom. The van der Waals surface area contributed by atoms with E-state index in [-0.39, 0.29) is 23.0 Å². The summed E-state index contributed by atoms with van der Waals surface area (Å²) in [6, 6.07) is 3.77. The number of piperidine rings is 1. The van der Waals surface area contributed by atoms with Gasteiger partial charge in [0.05, 0.1) is 10.5 Å². The van der Waals surface area contributed by atoms with Crippen LogP contribution in [-0.4, -0.2) is 42.9 Å². The maximum absolute atomic E-state index is 12.6. The quantitative estimate of drug-likeness (QED) is 0.842. The number of hydrogen-bond acceptors (Lipinski definition) is 4. The Labute approximate surface area is 125 Å². The second-order valence-electron chi connectivity index (χ2n) is 4.72. The predicted octanol–water partition coefficient (Wildman–Crippen LogP) is 1.26. The molecule has 3 N–H and O–H groups in total. The average molecular weight is 363 g/mol. The van der Waals surface area contributed by atoms with Gasteiger partial charge < -0.3 is 10.8 Å². The number of nitrogens with two attached hydrogens (primary N) is 1. The van der Waals surface area contributed by atoms with Gasteiger partial charge in [0.25, 0.3) is 0 Å². The van der Waals surface area contributed by atoms with E-state index in [4.69, 9.17) is 10.8 Å². The zero-order chi connectivity index (χ0) is 14.9. The summed E-state index contributed by atoms with van der Waals surface area (Å²) < 4.78 is 26.8. The van der Waals surface area contributed by atoms with Crippen LogP contribution in [0.4, 0.5) is 0 Å². The maximum Gasteiger partial charge on any atom is 0.335 e. The van der Waals surface area contributed by atoms with Gasteiger partial charge in [-0.15, -0.1) is 0 Å². The number of halogens is 1. The molecule has 1 unspecified atom stereocenters. The molecule has 0 spiro atoms. The van der Waals surface area contributed by atoms with Gasteiger partial charge in [-0.05, 0) is 47.0 Å². The lowest BCUT2D eigenvalue weighted by Gasteiger charge is -2.30. The third kappa shape index (κ3) is 3.03. The van der Waals surface area contributed by atoms with Crippen LogP contribution >= 0.6 is 15.9 Å². The molecule has 2 rings (SSSR count). The summed E-state index contributed by atoms with van der Waals surface area (Å²) in [5.74, 6) is -1.16. The summed E-state index contributed by atoms with van der Waals surface area (Å²) in [6.07, 6.45) is 1.50. The molecule has 0 saturated carbocycles. The monoisotopic (exact) mass is 362 g/mol. The molecule has 0 aliphatic carbocycles. The lowest BCUT2D eigenvalue weighted by molar-refractivity contribution is 0.0696. The fourth-order valence-electron chi connectivity index (χ4n) is 2.17. The maximum atomic E-state index is 12.6. The molecule has 1 heterocycles. The van der Waals surface area contributed by atoms with E-state index in [2.05, 4.69) is 15.9 Å². The Hall–Kier alpha value is -0.960. The van der Waals surface area contributed by atoms with Gasteiger partial charge in [0.1, 0.15) is 0 Å². The lowest BCUT2D eigenvalue weighted by Crippen LogP contribution is -2.45. The summed E-state index contributed by atoms with van der Waals surface area (Å²) in [5, 5.41) is 8.97. The van der Waals surface area contributed by atoms with Crippen LogP contribution < -0.4 is 5.73 Å². The Morgan fingerprint density at radius 3 is 2.75 bits per heavy atom. The van der Waals surface area contributed by atoms with Gasteiger partial charge in [0.15, 0.2) is 0 Å². The molecule has 6 nitrogen and oxygen atoms in total. The number of benzene rings is 1. The number of rotatable bonds is 3. The van der Waals surface area contributed by atoms with E-state index in [9.17, 15) is 13.2 Å². The SMILES string of the molecule is NC1CCCN(S(=O)(=O)c2cc(C(=O)O)ccc2Br)C1. The third-order valence-corrected chi connectivity index (χ3v) is 6.08. The molecule has 110 valence electrons. The minimum absolute atomic E-state index is 0.0356. The molecule has 0 bridgehead atoms. The first-order valence-electron chi connectivity index (χ1n) is 6.11. The zero-order valence-corrected chi connectivity index (χ0v) is 13.0. The molecular formula is C12H15BrN2O4S. The number of carbonyl (C=O) groups is 1. The summed E-state index contributed by atoms with van der Waals surface area (Å²) in [7, 11) is -3.74. The first-order chi connectivity index (χ1) is 9.32. The molecule has 0 radical (unpaired) electrons. The Bertz CT molecular complexity index is 632. The molecule has 1 aliphatic heterocycles. The topological polar surface area (TPSA) is 101 Å². The zero-order valence-electron chi connectivity index (χ0n) is 10.6. The fourth-order valence-corrected chi connectivity index (χ4v) is 4.65. The van der Waals surface area contributed by atoms with Crippen LogP contribution in [0.1, 0.15) is 23.2 Å². The van der Waals surface area contributed by atoms with Crippen molar-refractivity contribution < 1.29 is 18.3 Å². The van der Waals surface area contributed by atoms with E-state index >= 15 is 0 Å². The normalized spacial score (nSPS) is 20.8. The Kier molecular flexibility index (Phi) is 4.48. The molecule has 1 aliphatic rings. The molecule has 1 aromatic carbocycles. The molecule has 1 atom stereocenters. The molecule has 1 aromatic rings. The highest BCUT2D eigenvalue weighted by atomic mass is 79.9. The van der Waals surface area contributed by atoms with Crippen molar-refractivity contribution >= 4 is 31.9 Å². The van der Waals surface area contributed by atoms with E-state index < -0.39 is 16.0 Å². The Balaban J connectivity index is 2.43. The standard InChI is InChI=1S/C12H15BrN2O4S/c13-10-4-3-8(12(16)17)6-11(10)20(18,19)15-5-1-2-9(14)7-15/h3-4,6,9H,1-2,5,7,14H2,(H,16,17). The van der Waals surface area contributed by atoms with Crippen LogP contribution in [0.3, 0.4) is 0 Å². The number of hydrogen-bond donors (Lipinski definition) is 2. The van der Waals surface area contributed by atoms with Crippen molar-refractivity contribution in [1.29, 1.82) is 0 Å². The smallest absolute Gasteiger partial charge is 0.335 e. The van der Waals surface area contributed by atoms with Crippen molar-refractivity contribution in [2.24, 2.45) is 5.73 Å². The second-order valence-corrected chi connectivity index (χ2v) is 7.48. The van der Waals surface area contributed by atoms with Crippen LogP contribution in [0.2, 0.25) is 0 Å². The first kappa shape index (κ1) is 15.4. The van der Waals surface area contributed by atoms with Crippen molar-refractivity contribution in [2.75, 3.05) is 13.1 Å². The highest BCUT2D eigenvalue weighted by Crippen LogP contribution is 2.28. The molecule has 0 aromatic heterocycles. The van der Waals surface area contributed by atoms with Gasteiger partial charge in [-0.1, -0.05) is 0 Å². The molecule has 8 heteroatoms. The third-order valence-electron chi connectivity index (χ3n) is 3.22. The molecule has 1 fully saturated rings. The van der Waals surface area contributed by atoms with E-state index in [0.717, 1.165) is 6.42 Å². The van der Waals surface area contributed by atoms with Crippen molar-refractivity contribution in [3.8, 4) is 0 Å². The van der Waals surface area contributed by atoms with Crippen LogP contribution in [-0.2, 0) is 10.0 Å². The van der Waals surface area contributed by atoms with Crippen molar-refractivity contribution in [2.45, 2.75) is 23.8 Å². The van der Waals surface area contributed by atoms with Crippen LogP contribution in [0, 0.1) is 0 Å². The van der Waals surface area contributed by atoms with Gasteiger partial charge in [-0.25, -0.2) is 13.2 Å². The summed E-state index contributed by atoms with van der Waals surface area (Å²) >= 11 is 3.17. The van der Waals surface area contributed by atoms with Crippen LogP contribution in [0.5, 0.6) is 0 Å². The van der Waals surface area contributed by atoms with Crippen molar-refractivity contribution in [1.82, 2.24) is 4.31 Å². The number of nitrogens with zero attached hydrogens (tertiary/aromatic N) is 1. The van der Waals surface area contributed by atoms with E-state index in [1.807, 2.05) is 0 Å². The number of aromatic carboxylic acids is 1. The number of carboxylic acids is 1. The van der Waals surface area contributed by atoms with Crippen LogP contribution in [0.25, 0.3) is 0 Å². The number of carboxylic acid groups (broad SMARTS) is 1. The predicted molar refractivity (Wildman–Crippen MR) is 77.1 cm³/mol. The largest absolute Gasteiger partial charge is 0.478 e.